The molecule has 1 heterocycles. The van der Waals surface area contributed by atoms with E-state index in [1.165, 1.54) is 12.1 Å². The van der Waals surface area contributed by atoms with Crippen LogP contribution in [0.4, 0.5) is 0 Å². The van der Waals surface area contributed by atoms with Gasteiger partial charge in [0.2, 0.25) is 0 Å². The zero-order valence-corrected chi connectivity index (χ0v) is 15.7. The Morgan fingerprint density at radius 3 is 2.32 bits per heavy atom. The summed E-state index contributed by atoms with van der Waals surface area (Å²) in [5.41, 5.74) is 0.796. The van der Waals surface area contributed by atoms with Crippen molar-refractivity contribution in [3.05, 3.63) is 65.2 Å². The van der Waals surface area contributed by atoms with Gasteiger partial charge in [0, 0.05) is 17.6 Å². The molecule has 25 heavy (non-hydrogen) atoms. The molecule has 2 aromatic carbocycles. The van der Waals surface area contributed by atoms with E-state index in [-0.39, 0.29) is 16.4 Å². The van der Waals surface area contributed by atoms with Crippen molar-refractivity contribution in [3.8, 4) is 0 Å². The molecule has 0 radical (unpaired) electrons. The molecule has 1 fully saturated rings. The Labute approximate surface area is 152 Å². The van der Waals surface area contributed by atoms with Crippen LogP contribution in [-0.2, 0) is 26.2 Å². The van der Waals surface area contributed by atoms with Gasteiger partial charge in [-0.05, 0) is 23.8 Å². The molecular weight excluding hydrogens is 382 g/mol. The van der Waals surface area contributed by atoms with Gasteiger partial charge in [-0.25, -0.2) is 16.8 Å². The van der Waals surface area contributed by atoms with Gasteiger partial charge >= 0.3 is 0 Å². The molecule has 2 atom stereocenters. The second-order valence-corrected chi connectivity index (χ2v) is 10.8. The first-order chi connectivity index (χ1) is 11.8. The van der Waals surface area contributed by atoms with Crippen LogP contribution in [0.3, 0.4) is 0 Å². The molecule has 5 nitrogen and oxygen atoms in total. The number of rotatable bonds is 5. The van der Waals surface area contributed by atoms with E-state index in [9.17, 15) is 16.8 Å². The lowest BCUT2D eigenvalue weighted by molar-refractivity contribution is 0.526. The van der Waals surface area contributed by atoms with Crippen LogP contribution in [0.5, 0.6) is 0 Å². The van der Waals surface area contributed by atoms with Crippen LogP contribution >= 0.6 is 11.6 Å². The Kier molecular flexibility index (Phi) is 5.20. The van der Waals surface area contributed by atoms with Gasteiger partial charge in [-0.15, -0.1) is 0 Å². The fourth-order valence-corrected chi connectivity index (χ4v) is 7.92. The van der Waals surface area contributed by atoms with Crippen molar-refractivity contribution in [2.45, 2.75) is 22.7 Å². The molecule has 1 aliphatic rings. The maximum atomic E-state index is 12.9. The summed E-state index contributed by atoms with van der Waals surface area (Å²) in [5.74, 6) is -0.571. The second-order valence-electron chi connectivity index (χ2n) is 6.05. The minimum absolute atomic E-state index is 0.140. The van der Waals surface area contributed by atoms with Crippen molar-refractivity contribution < 1.29 is 16.8 Å². The highest BCUT2D eigenvalue weighted by Crippen LogP contribution is 2.26. The van der Waals surface area contributed by atoms with Crippen molar-refractivity contribution in [3.63, 3.8) is 0 Å². The largest absolute Gasteiger partial charge is 0.308 e. The average molecular weight is 400 g/mol. The van der Waals surface area contributed by atoms with Crippen LogP contribution in [0.2, 0.25) is 5.02 Å². The molecule has 0 aromatic heterocycles. The van der Waals surface area contributed by atoms with Crippen LogP contribution in [-0.4, -0.2) is 39.6 Å². The summed E-state index contributed by atoms with van der Waals surface area (Å²) < 4.78 is 49.9. The van der Waals surface area contributed by atoms with E-state index in [1.807, 2.05) is 12.1 Å². The van der Waals surface area contributed by atoms with E-state index < -0.39 is 31.0 Å². The molecule has 0 aliphatic carbocycles. The van der Waals surface area contributed by atoms with Gasteiger partial charge in [-0.1, -0.05) is 48.0 Å². The smallest absolute Gasteiger partial charge is 0.183 e. The van der Waals surface area contributed by atoms with E-state index in [0.717, 1.165) is 5.56 Å². The Morgan fingerprint density at radius 2 is 1.64 bits per heavy atom. The van der Waals surface area contributed by atoms with E-state index in [0.29, 0.717) is 11.6 Å². The summed E-state index contributed by atoms with van der Waals surface area (Å²) in [6, 6.07) is 14.5. The normalized spacial score (nSPS) is 22.8. The van der Waals surface area contributed by atoms with Crippen LogP contribution in [0, 0.1) is 0 Å². The first kappa shape index (κ1) is 18.4. The third-order valence-electron chi connectivity index (χ3n) is 4.28. The molecule has 0 amide bonds. The van der Waals surface area contributed by atoms with Crippen molar-refractivity contribution in [1.29, 1.82) is 0 Å². The van der Waals surface area contributed by atoms with Gasteiger partial charge in [0.25, 0.3) is 0 Å². The van der Waals surface area contributed by atoms with Gasteiger partial charge in [-0.2, -0.15) is 0 Å². The number of benzene rings is 2. The average Bonchev–Trinajstić information content (AvgIpc) is 2.90. The molecule has 0 saturated carbocycles. The summed E-state index contributed by atoms with van der Waals surface area (Å²) >= 11 is 6.11. The highest BCUT2D eigenvalue weighted by molar-refractivity contribution is 7.96. The van der Waals surface area contributed by atoms with Crippen LogP contribution in [0.1, 0.15) is 5.56 Å². The second kappa shape index (κ2) is 7.07. The van der Waals surface area contributed by atoms with E-state index in [2.05, 4.69) is 5.32 Å². The van der Waals surface area contributed by atoms with E-state index >= 15 is 0 Å². The third kappa shape index (κ3) is 4.06. The van der Waals surface area contributed by atoms with Gasteiger partial charge in [-0.3, -0.25) is 0 Å². The Hall–Kier alpha value is -1.41. The predicted octanol–water partition coefficient (Wildman–Crippen LogP) is 2.07. The predicted molar refractivity (Wildman–Crippen MR) is 98.1 cm³/mol. The number of halogens is 1. The SMILES string of the molecule is O=S1(=O)C[C@H](NCc2ccccc2Cl)[C@@H](S(=O)(=O)c2ccccc2)C1. The van der Waals surface area contributed by atoms with Crippen LogP contribution in [0.25, 0.3) is 0 Å². The molecule has 0 spiro atoms. The molecule has 1 aliphatic heterocycles. The zero-order chi connectivity index (χ0) is 18.1. The molecule has 8 heteroatoms. The molecule has 134 valence electrons. The van der Waals surface area contributed by atoms with Crippen LogP contribution in [0.15, 0.2) is 59.5 Å². The summed E-state index contributed by atoms with van der Waals surface area (Å²) in [7, 11) is -7.17. The highest BCUT2D eigenvalue weighted by Gasteiger charge is 2.45. The third-order valence-corrected chi connectivity index (χ3v) is 8.82. The fourth-order valence-electron chi connectivity index (χ4n) is 2.98. The molecule has 1 saturated heterocycles. The topological polar surface area (TPSA) is 80.3 Å². The summed E-state index contributed by atoms with van der Waals surface area (Å²) in [6.45, 7) is 0.306. The van der Waals surface area contributed by atoms with E-state index in [4.69, 9.17) is 11.6 Å². The lowest BCUT2D eigenvalue weighted by Crippen LogP contribution is -2.43. The quantitative estimate of drug-likeness (QED) is 0.832. The molecule has 1 N–H and O–H groups in total. The molecular formula is C17H18ClNO4S2. The number of sulfone groups is 2. The maximum Gasteiger partial charge on any atom is 0.183 e. The highest BCUT2D eigenvalue weighted by atomic mass is 35.5. The number of hydrogen-bond donors (Lipinski definition) is 1. The van der Waals surface area contributed by atoms with Gasteiger partial charge in [0.1, 0.15) is 0 Å². The summed E-state index contributed by atoms with van der Waals surface area (Å²) in [4.78, 5) is 0.140. The van der Waals surface area contributed by atoms with E-state index in [1.54, 1.807) is 30.3 Å². The fraction of sp³-hybridized carbons (Fsp3) is 0.294. The first-order valence-electron chi connectivity index (χ1n) is 7.76. The van der Waals surface area contributed by atoms with Crippen LogP contribution < -0.4 is 5.32 Å². The minimum Gasteiger partial charge on any atom is -0.308 e. The Bertz CT molecular complexity index is 959. The number of hydrogen-bond acceptors (Lipinski definition) is 5. The van der Waals surface area contributed by atoms with Crippen molar-refractivity contribution in [2.75, 3.05) is 11.5 Å². The minimum atomic E-state index is -3.75. The van der Waals surface area contributed by atoms with Crippen molar-refractivity contribution in [2.24, 2.45) is 0 Å². The maximum absolute atomic E-state index is 12.9. The van der Waals surface area contributed by atoms with Gasteiger partial charge in [0.05, 0.1) is 21.7 Å². The summed E-state index contributed by atoms with van der Waals surface area (Å²) in [5, 5.41) is 2.62. The van der Waals surface area contributed by atoms with Gasteiger partial charge in [0.15, 0.2) is 19.7 Å². The molecule has 3 rings (SSSR count). The van der Waals surface area contributed by atoms with Crippen molar-refractivity contribution in [1.82, 2.24) is 5.32 Å². The lowest BCUT2D eigenvalue weighted by Gasteiger charge is -2.20. The molecule has 0 bridgehead atoms. The molecule has 2 aromatic rings. The standard InChI is InChI=1S/C17H18ClNO4S2/c18-15-9-5-4-6-13(15)10-19-16-11-24(20,21)12-17(16)25(22,23)14-7-2-1-3-8-14/h1-9,16-17,19H,10-12H2/t16-,17-/m0/s1. The zero-order valence-electron chi connectivity index (χ0n) is 13.3. The first-order valence-corrected chi connectivity index (χ1v) is 11.5. The van der Waals surface area contributed by atoms with Gasteiger partial charge < -0.3 is 5.32 Å². The number of nitrogens with one attached hydrogen (secondary N) is 1. The monoisotopic (exact) mass is 399 g/mol. The van der Waals surface area contributed by atoms with Crippen molar-refractivity contribution >= 4 is 31.3 Å². The Balaban J connectivity index is 1.86. The molecule has 0 unspecified atom stereocenters. The lowest BCUT2D eigenvalue weighted by atomic mass is 10.2. The Morgan fingerprint density at radius 1 is 1.00 bits per heavy atom. The summed E-state index contributed by atoms with van der Waals surface area (Å²) in [6.07, 6.45) is 0.